The highest BCUT2D eigenvalue weighted by molar-refractivity contribution is 5.89. The van der Waals surface area contributed by atoms with Gasteiger partial charge in [0.15, 0.2) is 5.79 Å². The molecule has 2 fully saturated rings. The van der Waals surface area contributed by atoms with Crippen LogP contribution >= 0.6 is 0 Å². The Morgan fingerprint density at radius 1 is 1.26 bits per heavy atom. The van der Waals surface area contributed by atoms with Crippen LogP contribution in [0.3, 0.4) is 0 Å². The van der Waals surface area contributed by atoms with Crippen LogP contribution in [-0.4, -0.2) is 73.4 Å². The van der Waals surface area contributed by atoms with Gasteiger partial charge in [0.05, 0.1) is 39.1 Å². The normalized spacial score (nSPS) is 19.6. The van der Waals surface area contributed by atoms with E-state index < -0.39 is 11.8 Å². The van der Waals surface area contributed by atoms with E-state index in [0.29, 0.717) is 46.1 Å². The summed E-state index contributed by atoms with van der Waals surface area (Å²) >= 11 is 0. The summed E-state index contributed by atoms with van der Waals surface area (Å²) < 4.78 is 29.1. The van der Waals surface area contributed by atoms with Gasteiger partial charge in [-0.25, -0.2) is 4.79 Å². The number of aromatic nitrogens is 2. The second kappa shape index (κ2) is 9.50. The Morgan fingerprint density at radius 3 is 2.67 bits per heavy atom. The number of nitrogens with zero attached hydrogens (tertiary/aromatic N) is 2. The topological polar surface area (TPSA) is 101 Å². The number of carbonyl (C=O) groups is 1. The molecule has 9 nitrogen and oxygen atoms in total. The molecule has 0 bridgehead atoms. The lowest BCUT2D eigenvalue weighted by molar-refractivity contribution is -0.181. The van der Waals surface area contributed by atoms with Crippen LogP contribution < -0.4 is 4.74 Å². The van der Waals surface area contributed by atoms with Gasteiger partial charge in [-0.3, -0.25) is 4.68 Å². The SMILES string of the molecule is COCCOCCCOc1nn(C2CCC3(CC2)OCCO3)cc1C(=O)O. The molecule has 0 amide bonds. The summed E-state index contributed by atoms with van der Waals surface area (Å²) in [6.07, 6.45) is 5.44. The first-order valence-corrected chi connectivity index (χ1v) is 9.43. The van der Waals surface area contributed by atoms with E-state index in [2.05, 4.69) is 5.10 Å². The molecule has 1 aliphatic heterocycles. The van der Waals surface area contributed by atoms with Crippen molar-refractivity contribution in [2.75, 3.05) is 46.8 Å². The maximum absolute atomic E-state index is 11.5. The summed E-state index contributed by atoms with van der Waals surface area (Å²) in [5.74, 6) is -1.32. The van der Waals surface area contributed by atoms with Crippen molar-refractivity contribution in [1.29, 1.82) is 0 Å². The van der Waals surface area contributed by atoms with E-state index in [1.807, 2.05) is 0 Å². The average Bonchev–Trinajstić information content (AvgIpc) is 3.29. The highest BCUT2D eigenvalue weighted by Gasteiger charge is 2.41. The third-order valence-electron chi connectivity index (χ3n) is 4.94. The first-order valence-electron chi connectivity index (χ1n) is 9.43. The molecular weight excluding hydrogens is 356 g/mol. The first kappa shape index (κ1) is 20.1. The molecule has 27 heavy (non-hydrogen) atoms. The molecule has 1 aliphatic carbocycles. The van der Waals surface area contributed by atoms with Gasteiger partial charge < -0.3 is 28.8 Å². The van der Waals surface area contributed by atoms with Crippen molar-refractivity contribution in [1.82, 2.24) is 9.78 Å². The Morgan fingerprint density at radius 2 is 2.00 bits per heavy atom. The lowest BCUT2D eigenvalue weighted by Crippen LogP contribution is -2.35. The largest absolute Gasteiger partial charge is 0.477 e. The molecule has 3 rings (SSSR count). The smallest absolute Gasteiger partial charge is 0.342 e. The minimum atomic E-state index is -1.04. The molecule has 9 heteroatoms. The Hall–Kier alpha value is -1.68. The Balaban J connectivity index is 1.51. The number of hydrogen-bond acceptors (Lipinski definition) is 7. The highest BCUT2D eigenvalue weighted by atomic mass is 16.7. The fourth-order valence-corrected chi connectivity index (χ4v) is 3.48. The zero-order valence-electron chi connectivity index (χ0n) is 15.7. The predicted octanol–water partition coefficient (Wildman–Crippen LogP) is 1.87. The zero-order chi connectivity index (χ0) is 19.1. The summed E-state index contributed by atoms with van der Waals surface area (Å²) in [5.41, 5.74) is 0.0870. The van der Waals surface area contributed by atoms with Crippen molar-refractivity contribution < 1.29 is 33.6 Å². The molecule has 0 unspecified atom stereocenters. The van der Waals surface area contributed by atoms with E-state index in [1.165, 1.54) is 0 Å². The van der Waals surface area contributed by atoms with Crippen LogP contribution in [0.1, 0.15) is 48.5 Å². The number of carboxylic acids is 1. The van der Waals surface area contributed by atoms with Crippen molar-refractivity contribution >= 4 is 5.97 Å². The van der Waals surface area contributed by atoms with Crippen LogP contribution in [0, 0.1) is 0 Å². The summed E-state index contributed by atoms with van der Waals surface area (Å²) in [4.78, 5) is 11.5. The molecule has 1 saturated carbocycles. The predicted molar refractivity (Wildman–Crippen MR) is 94.1 cm³/mol. The van der Waals surface area contributed by atoms with Gasteiger partial charge in [0.1, 0.15) is 5.56 Å². The van der Waals surface area contributed by atoms with E-state index in [4.69, 9.17) is 23.7 Å². The van der Waals surface area contributed by atoms with Gasteiger partial charge >= 0.3 is 5.97 Å². The molecule has 0 radical (unpaired) electrons. The van der Waals surface area contributed by atoms with Gasteiger partial charge in [0.2, 0.25) is 5.88 Å². The number of methoxy groups -OCH3 is 1. The lowest BCUT2D eigenvalue weighted by Gasteiger charge is -2.35. The van der Waals surface area contributed by atoms with Crippen LogP contribution in [0.4, 0.5) is 0 Å². The van der Waals surface area contributed by atoms with Crippen molar-refractivity contribution in [2.24, 2.45) is 0 Å². The van der Waals surface area contributed by atoms with Gasteiger partial charge in [-0.15, -0.1) is 5.10 Å². The van der Waals surface area contributed by atoms with Crippen LogP contribution in [-0.2, 0) is 18.9 Å². The van der Waals surface area contributed by atoms with Gasteiger partial charge in [0, 0.05) is 39.2 Å². The summed E-state index contributed by atoms with van der Waals surface area (Å²) in [5, 5.41) is 13.8. The second-order valence-corrected chi connectivity index (χ2v) is 6.78. The summed E-state index contributed by atoms with van der Waals surface area (Å²) in [6, 6.07) is 0.122. The number of aromatic carboxylic acids is 1. The molecular formula is C18H28N2O7. The number of rotatable bonds is 10. The minimum Gasteiger partial charge on any atom is -0.477 e. The Kier molecular flexibility index (Phi) is 7.06. The van der Waals surface area contributed by atoms with Gasteiger partial charge in [-0.2, -0.15) is 0 Å². The molecule has 2 aliphatic rings. The van der Waals surface area contributed by atoms with Gasteiger partial charge in [-0.05, 0) is 12.8 Å². The number of carboxylic acid groups (broad SMARTS) is 1. The van der Waals surface area contributed by atoms with Crippen molar-refractivity contribution in [3.8, 4) is 5.88 Å². The fourth-order valence-electron chi connectivity index (χ4n) is 3.48. The third kappa shape index (κ3) is 5.19. The molecule has 1 N–H and O–H groups in total. The Bertz CT molecular complexity index is 603. The quantitative estimate of drug-likeness (QED) is 0.610. The maximum atomic E-state index is 11.5. The van der Waals surface area contributed by atoms with Crippen molar-refractivity contribution in [2.45, 2.75) is 43.9 Å². The maximum Gasteiger partial charge on any atom is 0.342 e. The molecule has 1 saturated heterocycles. The number of ether oxygens (including phenoxy) is 5. The van der Waals surface area contributed by atoms with Crippen LogP contribution in [0.2, 0.25) is 0 Å². The molecule has 1 aromatic heterocycles. The van der Waals surface area contributed by atoms with E-state index in [0.717, 1.165) is 25.7 Å². The molecule has 0 aromatic carbocycles. The van der Waals surface area contributed by atoms with Crippen molar-refractivity contribution in [3.63, 3.8) is 0 Å². The monoisotopic (exact) mass is 384 g/mol. The molecule has 152 valence electrons. The number of hydrogen-bond donors (Lipinski definition) is 1. The van der Waals surface area contributed by atoms with Gasteiger partial charge in [0.25, 0.3) is 0 Å². The van der Waals surface area contributed by atoms with E-state index in [9.17, 15) is 9.90 Å². The molecule has 1 spiro atoms. The standard InChI is InChI=1S/C18H28N2O7/c1-23-9-10-24-7-2-8-25-16-15(17(21)22)13-20(19-16)14-3-5-18(6-4-14)26-11-12-27-18/h13-14H,2-12H2,1H3,(H,21,22). The molecule has 2 heterocycles. The molecule has 1 aromatic rings. The first-order chi connectivity index (χ1) is 13.1. The Labute approximate surface area is 158 Å². The average molecular weight is 384 g/mol. The second-order valence-electron chi connectivity index (χ2n) is 6.78. The third-order valence-corrected chi connectivity index (χ3v) is 4.94. The van der Waals surface area contributed by atoms with E-state index in [-0.39, 0.29) is 17.5 Å². The van der Waals surface area contributed by atoms with E-state index >= 15 is 0 Å². The fraction of sp³-hybridized carbons (Fsp3) is 0.778. The van der Waals surface area contributed by atoms with Crippen LogP contribution in [0.25, 0.3) is 0 Å². The van der Waals surface area contributed by atoms with Crippen LogP contribution in [0.15, 0.2) is 6.20 Å². The minimum absolute atomic E-state index is 0.0870. The van der Waals surface area contributed by atoms with Crippen molar-refractivity contribution in [3.05, 3.63) is 11.8 Å². The summed E-state index contributed by atoms with van der Waals surface area (Å²) in [6.45, 7) is 3.23. The van der Waals surface area contributed by atoms with E-state index in [1.54, 1.807) is 18.0 Å². The van der Waals surface area contributed by atoms with Gasteiger partial charge in [-0.1, -0.05) is 0 Å². The highest BCUT2D eigenvalue weighted by Crippen LogP contribution is 2.40. The lowest BCUT2D eigenvalue weighted by atomic mass is 9.90. The zero-order valence-corrected chi connectivity index (χ0v) is 15.7. The van der Waals surface area contributed by atoms with Crippen LogP contribution in [0.5, 0.6) is 5.88 Å². The molecule has 0 atom stereocenters. The summed E-state index contributed by atoms with van der Waals surface area (Å²) in [7, 11) is 1.62.